The Kier molecular flexibility index (Phi) is 6.21. The van der Waals surface area contributed by atoms with Crippen LogP contribution in [0.3, 0.4) is 0 Å². The maximum absolute atomic E-state index is 12.4. The largest absolute Gasteiger partial charge is 0.497 e. The molecule has 1 aliphatic heterocycles. The lowest BCUT2D eigenvalue weighted by atomic mass is 9.91. The van der Waals surface area contributed by atoms with Crippen LogP contribution >= 0.6 is 0 Å². The summed E-state index contributed by atoms with van der Waals surface area (Å²) in [4.78, 5) is 12.4. The molecule has 1 saturated heterocycles. The molecule has 22 heavy (non-hydrogen) atoms. The van der Waals surface area contributed by atoms with Crippen molar-refractivity contribution in [2.75, 3.05) is 33.9 Å². The normalized spacial score (nSPS) is 17.0. The highest BCUT2D eigenvalue weighted by molar-refractivity contribution is 5.85. The van der Waals surface area contributed by atoms with E-state index in [4.69, 9.17) is 9.47 Å². The van der Waals surface area contributed by atoms with E-state index in [2.05, 4.69) is 16.7 Å². The van der Waals surface area contributed by atoms with Crippen LogP contribution in [0.5, 0.6) is 5.75 Å². The zero-order chi connectivity index (χ0) is 15.8. The summed E-state index contributed by atoms with van der Waals surface area (Å²) in [6, 6.07) is 8.03. The van der Waals surface area contributed by atoms with Gasteiger partial charge in [0, 0.05) is 13.7 Å². The SMILES string of the molecule is COc1cccc(CCCNC(=O)C2(OC)CCNCC2)c1. The Morgan fingerprint density at radius 3 is 2.77 bits per heavy atom. The van der Waals surface area contributed by atoms with Gasteiger partial charge in [-0.25, -0.2) is 0 Å². The van der Waals surface area contributed by atoms with Crippen LogP contribution in [0.2, 0.25) is 0 Å². The van der Waals surface area contributed by atoms with E-state index in [0.29, 0.717) is 6.54 Å². The Morgan fingerprint density at radius 1 is 1.32 bits per heavy atom. The van der Waals surface area contributed by atoms with Crippen molar-refractivity contribution >= 4 is 5.91 Å². The maximum Gasteiger partial charge on any atom is 0.252 e. The second kappa shape index (κ2) is 8.15. The number of nitrogens with one attached hydrogen (secondary N) is 2. The van der Waals surface area contributed by atoms with Crippen LogP contribution in [-0.2, 0) is 16.0 Å². The van der Waals surface area contributed by atoms with E-state index in [0.717, 1.165) is 44.5 Å². The van der Waals surface area contributed by atoms with Crippen molar-refractivity contribution in [3.05, 3.63) is 29.8 Å². The van der Waals surface area contributed by atoms with Gasteiger partial charge in [-0.1, -0.05) is 12.1 Å². The molecule has 0 spiro atoms. The van der Waals surface area contributed by atoms with Gasteiger partial charge in [-0.3, -0.25) is 4.79 Å². The summed E-state index contributed by atoms with van der Waals surface area (Å²) in [6.07, 6.45) is 3.27. The number of hydrogen-bond donors (Lipinski definition) is 2. The molecule has 0 saturated carbocycles. The molecule has 0 bridgehead atoms. The van der Waals surface area contributed by atoms with Crippen LogP contribution in [0.4, 0.5) is 0 Å². The van der Waals surface area contributed by atoms with Crippen molar-refractivity contribution in [2.45, 2.75) is 31.3 Å². The zero-order valence-corrected chi connectivity index (χ0v) is 13.5. The van der Waals surface area contributed by atoms with Crippen LogP contribution in [0, 0.1) is 0 Å². The van der Waals surface area contributed by atoms with Crippen LogP contribution in [0.15, 0.2) is 24.3 Å². The topological polar surface area (TPSA) is 59.6 Å². The molecular weight excluding hydrogens is 280 g/mol. The second-order valence-electron chi connectivity index (χ2n) is 5.66. The number of ether oxygens (including phenoxy) is 2. The number of rotatable bonds is 7. The summed E-state index contributed by atoms with van der Waals surface area (Å²) < 4.78 is 10.7. The smallest absolute Gasteiger partial charge is 0.252 e. The average molecular weight is 306 g/mol. The number of aryl methyl sites for hydroxylation is 1. The fourth-order valence-corrected chi connectivity index (χ4v) is 2.84. The Labute approximate surface area is 132 Å². The minimum absolute atomic E-state index is 0.0159. The quantitative estimate of drug-likeness (QED) is 0.750. The highest BCUT2D eigenvalue weighted by atomic mass is 16.5. The fourth-order valence-electron chi connectivity index (χ4n) is 2.84. The van der Waals surface area contributed by atoms with E-state index in [1.165, 1.54) is 5.56 Å². The van der Waals surface area contributed by atoms with Crippen molar-refractivity contribution in [3.8, 4) is 5.75 Å². The molecule has 0 unspecified atom stereocenters. The van der Waals surface area contributed by atoms with Crippen LogP contribution in [-0.4, -0.2) is 45.4 Å². The van der Waals surface area contributed by atoms with Gasteiger partial charge in [-0.05, 0) is 56.5 Å². The first kappa shape index (κ1) is 16.8. The number of benzene rings is 1. The van der Waals surface area contributed by atoms with Gasteiger partial charge in [-0.15, -0.1) is 0 Å². The molecule has 2 rings (SSSR count). The summed E-state index contributed by atoms with van der Waals surface area (Å²) in [5.41, 5.74) is 0.568. The standard InChI is InChI=1S/C17H26N2O3/c1-21-15-7-3-5-14(13-15)6-4-10-19-16(20)17(22-2)8-11-18-12-9-17/h3,5,7,13,18H,4,6,8-12H2,1-2H3,(H,19,20). The molecule has 0 aliphatic carbocycles. The Morgan fingerprint density at radius 2 is 2.09 bits per heavy atom. The maximum atomic E-state index is 12.4. The molecule has 0 radical (unpaired) electrons. The van der Waals surface area contributed by atoms with Gasteiger partial charge in [0.1, 0.15) is 11.4 Å². The molecule has 0 atom stereocenters. The number of hydrogen-bond acceptors (Lipinski definition) is 4. The molecule has 0 aromatic heterocycles. The lowest BCUT2D eigenvalue weighted by Gasteiger charge is -2.34. The highest BCUT2D eigenvalue weighted by Crippen LogP contribution is 2.22. The van der Waals surface area contributed by atoms with Gasteiger partial charge in [0.15, 0.2) is 0 Å². The molecule has 122 valence electrons. The third kappa shape index (κ3) is 4.21. The van der Waals surface area contributed by atoms with Crippen molar-refractivity contribution in [1.29, 1.82) is 0 Å². The molecule has 1 aliphatic rings. The second-order valence-corrected chi connectivity index (χ2v) is 5.66. The molecule has 5 heteroatoms. The predicted octanol–water partition coefficient (Wildman–Crippen LogP) is 1.51. The van der Waals surface area contributed by atoms with E-state index in [9.17, 15) is 4.79 Å². The van der Waals surface area contributed by atoms with Gasteiger partial charge in [-0.2, -0.15) is 0 Å². The van der Waals surface area contributed by atoms with Crippen molar-refractivity contribution < 1.29 is 14.3 Å². The molecular formula is C17H26N2O3. The van der Waals surface area contributed by atoms with Crippen LogP contribution < -0.4 is 15.4 Å². The Hall–Kier alpha value is -1.59. The number of amides is 1. The highest BCUT2D eigenvalue weighted by Gasteiger charge is 2.39. The first-order valence-corrected chi connectivity index (χ1v) is 7.87. The molecule has 5 nitrogen and oxygen atoms in total. The summed E-state index contributed by atoms with van der Waals surface area (Å²) in [5.74, 6) is 0.886. The van der Waals surface area contributed by atoms with E-state index < -0.39 is 5.60 Å². The predicted molar refractivity (Wildman–Crippen MR) is 86.2 cm³/mol. The summed E-state index contributed by atoms with van der Waals surface area (Å²) in [5, 5.41) is 6.28. The lowest BCUT2D eigenvalue weighted by molar-refractivity contribution is -0.146. The number of carbonyl (C=O) groups is 1. The third-order valence-electron chi connectivity index (χ3n) is 4.28. The monoisotopic (exact) mass is 306 g/mol. The van der Waals surface area contributed by atoms with Crippen molar-refractivity contribution in [3.63, 3.8) is 0 Å². The van der Waals surface area contributed by atoms with Gasteiger partial charge in [0.2, 0.25) is 0 Å². The van der Waals surface area contributed by atoms with Crippen LogP contribution in [0.25, 0.3) is 0 Å². The molecule has 1 fully saturated rings. The Balaban J connectivity index is 1.76. The van der Waals surface area contributed by atoms with Crippen molar-refractivity contribution in [1.82, 2.24) is 10.6 Å². The third-order valence-corrected chi connectivity index (χ3v) is 4.28. The minimum Gasteiger partial charge on any atom is -0.497 e. The first-order valence-electron chi connectivity index (χ1n) is 7.87. The van der Waals surface area contributed by atoms with Crippen molar-refractivity contribution in [2.24, 2.45) is 0 Å². The lowest BCUT2D eigenvalue weighted by Crippen LogP contribution is -2.54. The molecule has 1 amide bonds. The summed E-state index contributed by atoms with van der Waals surface area (Å²) >= 11 is 0. The van der Waals surface area contributed by atoms with E-state index in [-0.39, 0.29) is 5.91 Å². The summed E-state index contributed by atoms with van der Waals surface area (Å²) in [6.45, 7) is 2.31. The zero-order valence-electron chi connectivity index (χ0n) is 13.5. The molecule has 1 heterocycles. The van der Waals surface area contributed by atoms with E-state index in [1.54, 1.807) is 14.2 Å². The number of methoxy groups -OCH3 is 2. The van der Waals surface area contributed by atoms with Gasteiger partial charge in [0.05, 0.1) is 7.11 Å². The number of piperidine rings is 1. The minimum atomic E-state index is -0.652. The molecule has 1 aromatic carbocycles. The first-order chi connectivity index (χ1) is 10.7. The van der Waals surface area contributed by atoms with E-state index in [1.807, 2.05) is 18.2 Å². The average Bonchev–Trinajstić information content (AvgIpc) is 2.59. The molecule has 1 aromatic rings. The fraction of sp³-hybridized carbons (Fsp3) is 0.588. The summed E-state index contributed by atoms with van der Waals surface area (Å²) in [7, 11) is 3.30. The van der Waals surface area contributed by atoms with Gasteiger partial charge < -0.3 is 20.1 Å². The number of carbonyl (C=O) groups excluding carboxylic acids is 1. The Bertz CT molecular complexity index is 485. The van der Waals surface area contributed by atoms with Gasteiger partial charge >= 0.3 is 0 Å². The van der Waals surface area contributed by atoms with E-state index >= 15 is 0 Å². The van der Waals surface area contributed by atoms with Gasteiger partial charge in [0.25, 0.3) is 5.91 Å². The molecule has 2 N–H and O–H groups in total. The van der Waals surface area contributed by atoms with Crippen LogP contribution in [0.1, 0.15) is 24.8 Å².